The molecule has 2 aliphatic heterocycles. The van der Waals surface area contributed by atoms with Gasteiger partial charge in [-0.05, 0) is 24.8 Å². The van der Waals surface area contributed by atoms with Crippen molar-refractivity contribution in [3.05, 3.63) is 0 Å². The van der Waals surface area contributed by atoms with Gasteiger partial charge in [0.15, 0.2) is 0 Å². The smallest absolute Gasteiger partial charge is 0.240 e. The van der Waals surface area contributed by atoms with Gasteiger partial charge in [-0.15, -0.1) is 0 Å². The molecular formula is C14H27N3O. The van der Waals surface area contributed by atoms with Gasteiger partial charge >= 0.3 is 0 Å². The van der Waals surface area contributed by atoms with Crippen molar-refractivity contribution in [2.75, 3.05) is 39.3 Å². The van der Waals surface area contributed by atoms with Gasteiger partial charge in [-0.25, -0.2) is 0 Å². The molecule has 1 unspecified atom stereocenters. The number of carbonyl (C=O) groups excluding carboxylic acids is 1. The minimum absolute atomic E-state index is 0.141. The first kappa shape index (κ1) is 13.8. The summed E-state index contributed by atoms with van der Waals surface area (Å²) < 4.78 is 0. The monoisotopic (exact) mass is 253 g/mol. The third-order valence-electron chi connectivity index (χ3n) is 3.75. The highest BCUT2D eigenvalue weighted by molar-refractivity contribution is 5.82. The van der Waals surface area contributed by atoms with Crippen LogP contribution in [0.2, 0.25) is 0 Å². The number of rotatable bonds is 2. The molecule has 18 heavy (non-hydrogen) atoms. The van der Waals surface area contributed by atoms with E-state index < -0.39 is 0 Å². The lowest BCUT2D eigenvalue weighted by Gasteiger charge is -2.35. The summed E-state index contributed by atoms with van der Waals surface area (Å²) in [6.07, 6.45) is 2.21. The second-order valence-corrected chi connectivity index (χ2v) is 6.76. The molecule has 2 fully saturated rings. The van der Waals surface area contributed by atoms with Crippen LogP contribution in [0.3, 0.4) is 0 Å². The van der Waals surface area contributed by atoms with Gasteiger partial charge < -0.3 is 10.2 Å². The summed E-state index contributed by atoms with van der Waals surface area (Å²) in [4.78, 5) is 17.0. The SMILES string of the molecule is CC(C)(C)CN1CCCC1C(=O)N1CCNCC1. The number of likely N-dealkylation sites (tertiary alicyclic amines) is 1. The Morgan fingerprint density at radius 2 is 1.89 bits per heavy atom. The molecule has 1 N–H and O–H groups in total. The number of amides is 1. The lowest BCUT2D eigenvalue weighted by molar-refractivity contribution is -0.136. The average molecular weight is 253 g/mol. The number of hydrogen-bond acceptors (Lipinski definition) is 3. The normalized spacial score (nSPS) is 26.6. The second kappa shape index (κ2) is 5.57. The highest BCUT2D eigenvalue weighted by Gasteiger charge is 2.35. The highest BCUT2D eigenvalue weighted by atomic mass is 16.2. The van der Waals surface area contributed by atoms with Crippen LogP contribution in [0, 0.1) is 5.41 Å². The minimum Gasteiger partial charge on any atom is -0.339 e. The molecule has 0 aromatic rings. The van der Waals surface area contributed by atoms with E-state index in [1.54, 1.807) is 0 Å². The molecule has 2 aliphatic rings. The Balaban J connectivity index is 1.95. The van der Waals surface area contributed by atoms with E-state index in [1.165, 1.54) is 6.42 Å². The van der Waals surface area contributed by atoms with Crippen LogP contribution in [-0.2, 0) is 4.79 Å². The van der Waals surface area contributed by atoms with Gasteiger partial charge in [-0.2, -0.15) is 0 Å². The Labute approximate surface area is 111 Å². The largest absolute Gasteiger partial charge is 0.339 e. The van der Waals surface area contributed by atoms with Gasteiger partial charge in [0, 0.05) is 32.7 Å². The number of nitrogens with one attached hydrogen (secondary N) is 1. The van der Waals surface area contributed by atoms with Gasteiger partial charge in [0.1, 0.15) is 0 Å². The van der Waals surface area contributed by atoms with Crippen LogP contribution < -0.4 is 5.32 Å². The van der Waals surface area contributed by atoms with E-state index in [9.17, 15) is 4.79 Å². The van der Waals surface area contributed by atoms with Gasteiger partial charge in [0.05, 0.1) is 6.04 Å². The number of carbonyl (C=O) groups is 1. The van der Waals surface area contributed by atoms with Gasteiger partial charge in [0.2, 0.25) is 5.91 Å². The molecular weight excluding hydrogens is 226 g/mol. The quantitative estimate of drug-likeness (QED) is 0.795. The predicted molar refractivity (Wildman–Crippen MR) is 73.5 cm³/mol. The van der Waals surface area contributed by atoms with Crippen molar-refractivity contribution in [3.8, 4) is 0 Å². The fourth-order valence-electron chi connectivity index (χ4n) is 3.00. The predicted octanol–water partition coefficient (Wildman–Crippen LogP) is 0.929. The van der Waals surface area contributed by atoms with Gasteiger partial charge in [-0.3, -0.25) is 9.69 Å². The van der Waals surface area contributed by atoms with E-state index in [4.69, 9.17) is 0 Å². The van der Waals surface area contributed by atoms with Crippen molar-refractivity contribution in [2.45, 2.75) is 39.7 Å². The lowest BCUT2D eigenvalue weighted by Crippen LogP contribution is -2.53. The lowest BCUT2D eigenvalue weighted by atomic mass is 9.95. The number of piperazine rings is 1. The highest BCUT2D eigenvalue weighted by Crippen LogP contribution is 2.25. The van der Waals surface area contributed by atoms with Crippen LogP contribution in [-0.4, -0.2) is 61.0 Å². The van der Waals surface area contributed by atoms with Gasteiger partial charge in [0.25, 0.3) is 0 Å². The summed E-state index contributed by atoms with van der Waals surface area (Å²) >= 11 is 0. The molecule has 2 rings (SSSR count). The van der Waals surface area contributed by atoms with Crippen molar-refractivity contribution < 1.29 is 4.79 Å². The Bertz CT molecular complexity index is 292. The minimum atomic E-state index is 0.141. The van der Waals surface area contributed by atoms with Crippen LogP contribution >= 0.6 is 0 Å². The molecule has 0 saturated carbocycles. The van der Waals surface area contributed by atoms with E-state index >= 15 is 0 Å². The molecule has 1 atom stereocenters. The number of nitrogens with zero attached hydrogens (tertiary/aromatic N) is 2. The van der Waals surface area contributed by atoms with Crippen molar-refractivity contribution in [1.82, 2.24) is 15.1 Å². The fraction of sp³-hybridized carbons (Fsp3) is 0.929. The first-order chi connectivity index (χ1) is 8.47. The van der Waals surface area contributed by atoms with Crippen LogP contribution in [0.4, 0.5) is 0 Å². The summed E-state index contributed by atoms with van der Waals surface area (Å²) in [6.45, 7) is 12.5. The van der Waals surface area contributed by atoms with E-state index in [0.717, 1.165) is 45.7 Å². The summed E-state index contributed by atoms with van der Waals surface area (Å²) in [5.74, 6) is 0.359. The topological polar surface area (TPSA) is 35.6 Å². The third kappa shape index (κ3) is 3.45. The van der Waals surface area contributed by atoms with Crippen LogP contribution in [0.1, 0.15) is 33.6 Å². The molecule has 2 heterocycles. The molecule has 104 valence electrons. The molecule has 2 saturated heterocycles. The maximum Gasteiger partial charge on any atom is 0.240 e. The Kier molecular flexibility index (Phi) is 4.28. The van der Waals surface area contributed by atoms with Gasteiger partial charge in [-0.1, -0.05) is 20.8 Å². The first-order valence-electron chi connectivity index (χ1n) is 7.21. The molecule has 0 radical (unpaired) electrons. The van der Waals surface area contributed by atoms with Crippen LogP contribution in [0.25, 0.3) is 0 Å². The Hall–Kier alpha value is -0.610. The molecule has 0 aromatic heterocycles. The summed E-state index contributed by atoms with van der Waals surface area (Å²) in [5.41, 5.74) is 0.270. The van der Waals surface area contributed by atoms with E-state index in [0.29, 0.717) is 5.91 Å². The molecule has 0 aliphatic carbocycles. The Morgan fingerprint density at radius 3 is 2.50 bits per heavy atom. The Morgan fingerprint density at radius 1 is 1.22 bits per heavy atom. The second-order valence-electron chi connectivity index (χ2n) is 6.76. The van der Waals surface area contributed by atoms with Crippen molar-refractivity contribution >= 4 is 5.91 Å². The maximum absolute atomic E-state index is 12.6. The van der Waals surface area contributed by atoms with Crippen molar-refractivity contribution in [3.63, 3.8) is 0 Å². The van der Waals surface area contributed by atoms with E-state index in [2.05, 4.69) is 31.0 Å². The number of hydrogen-bond donors (Lipinski definition) is 1. The summed E-state index contributed by atoms with van der Waals surface area (Å²) in [6, 6.07) is 0.141. The molecule has 0 aromatic carbocycles. The van der Waals surface area contributed by atoms with Crippen LogP contribution in [0.5, 0.6) is 0 Å². The summed E-state index contributed by atoms with van der Waals surface area (Å²) in [7, 11) is 0. The summed E-state index contributed by atoms with van der Waals surface area (Å²) in [5, 5.41) is 3.30. The van der Waals surface area contributed by atoms with Crippen LogP contribution in [0.15, 0.2) is 0 Å². The zero-order chi connectivity index (χ0) is 13.2. The van der Waals surface area contributed by atoms with Crippen molar-refractivity contribution in [2.24, 2.45) is 5.41 Å². The molecule has 0 spiro atoms. The zero-order valence-corrected chi connectivity index (χ0v) is 12.0. The average Bonchev–Trinajstić information content (AvgIpc) is 2.75. The van der Waals surface area contributed by atoms with E-state index in [-0.39, 0.29) is 11.5 Å². The van der Waals surface area contributed by atoms with Crippen molar-refractivity contribution in [1.29, 1.82) is 0 Å². The standard InChI is InChI=1S/C14H27N3O/c1-14(2,3)11-17-8-4-5-12(17)13(18)16-9-6-15-7-10-16/h12,15H,4-11H2,1-3H3. The van der Waals surface area contributed by atoms with E-state index in [1.807, 2.05) is 4.90 Å². The molecule has 4 heteroatoms. The fourth-order valence-corrected chi connectivity index (χ4v) is 3.00. The first-order valence-corrected chi connectivity index (χ1v) is 7.21. The maximum atomic E-state index is 12.6. The molecule has 0 bridgehead atoms. The zero-order valence-electron chi connectivity index (χ0n) is 12.0. The molecule has 1 amide bonds. The third-order valence-corrected chi connectivity index (χ3v) is 3.75. The molecule has 4 nitrogen and oxygen atoms in total.